The van der Waals surface area contributed by atoms with Crippen molar-refractivity contribution in [1.29, 1.82) is 0 Å². The lowest BCUT2D eigenvalue weighted by atomic mass is 9.97. The van der Waals surface area contributed by atoms with Crippen molar-refractivity contribution in [2.75, 3.05) is 18.5 Å². The lowest BCUT2D eigenvalue weighted by molar-refractivity contribution is -0.0892. The van der Waals surface area contributed by atoms with Gasteiger partial charge in [0.15, 0.2) is 0 Å². The van der Waals surface area contributed by atoms with E-state index in [4.69, 9.17) is 16.3 Å². The van der Waals surface area contributed by atoms with E-state index in [9.17, 15) is 14.7 Å². The third-order valence-corrected chi connectivity index (χ3v) is 5.14. The van der Waals surface area contributed by atoms with Crippen LogP contribution in [0.25, 0.3) is 0 Å². The van der Waals surface area contributed by atoms with Gasteiger partial charge in [-0.05, 0) is 55.7 Å². The first-order valence-electron chi connectivity index (χ1n) is 9.83. The lowest BCUT2D eigenvalue weighted by Gasteiger charge is -2.36. The van der Waals surface area contributed by atoms with E-state index in [-0.39, 0.29) is 30.7 Å². The molecule has 1 aromatic heterocycles. The highest BCUT2D eigenvalue weighted by Gasteiger charge is 2.32. The Morgan fingerprint density at radius 3 is 2.70 bits per heavy atom. The standard InChI is InChI=1S/C21H25ClN4O4/c22-15-3-5-16(6-4-15)25-21(29)24-11-9-17-7-8-18(19(13-27)30-17)26-20(28)14-2-1-10-23-12-14/h1-6,10,12,17-19,27H,7-9,11,13H2,(H,26,28)(H2,24,25,29)/t17-,18-,19-/m1/s1. The van der Waals surface area contributed by atoms with Gasteiger partial charge in [0.05, 0.1) is 24.3 Å². The number of anilines is 1. The summed E-state index contributed by atoms with van der Waals surface area (Å²) in [6, 6.07) is 9.63. The van der Waals surface area contributed by atoms with Gasteiger partial charge < -0.3 is 25.8 Å². The summed E-state index contributed by atoms with van der Waals surface area (Å²) >= 11 is 5.82. The molecule has 0 saturated carbocycles. The van der Waals surface area contributed by atoms with E-state index in [1.807, 2.05) is 0 Å². The Hall–Kier alpha value is -2.68. The maximum absolute atomic E-state index is 12.3. The number of amides is 3. The molecule has 1 saturated heterocycles. The van der Waals surface area contributed by atoms with Crippen molar-refractivity contribution in [2.24, 2.45) is 0 Å². The maximum Gasteiger partial charge on any atom is 0.319 e. The molecule has 160 valence electrons. The normalized spacial score (nSPS) is 20.9. The van der Waals surface area contributed by atoms with Crippen molar-refractivity contribution in [2.45, 2.75) is 37.5 Å². The van der Waals surface area contributed by atoms with Crippen LogP contribution in [0.15, 0.2) is 48.8 Å². The van der Waals surface area contributed by atoms with Crippen molar-refractivity contribution < 1.29 is 19.4 Å². The van der Waals surface area contributed by atoms with Crippen LogP contribution < -0.4 is 16.0 Å². The highest BCUT2D eigenvalue weighted by Crippen LogP contribution is 2.22. The van der Waals surface area contributed by atoms with E-state index < -0.39 is 6.10 Å². The fourth-order valence-electron chi connectivity index (χ4n) is 3.31. The van der Waals surface area contributed by atoms with E-state index >= 15 is 0 Å². The van der Waals surface area contributed by atoms with Gasteiger partial charge in [0, 0.05) is 29.6 Å². The number of nitrogens with zero attached hydrogens (tertiary/aromatic N) is 1. The second kappa shape index (κ2) is 10.9. The largest absolute Gasteiger partial charge is 0.394 e. The summed E-state index contributed by atoms with van der Waals surface area (Å²) in [6.45, 7) is 0.230. The fraction of sp³-hybridized carbons (Fsp3) is 0.381. The van der Waals surface area contributed by atoms with Crippen LogP contribution in [0, 0.1) is 0 Å². The van der Waals surface area contributed by atoms with Crippen LogP contribution in [-0.4, -0.2) is 53.4 Å². The van der Waals surface area contributed by atoms with Crippen LogP contribution in [0.1, 0.15) is 29.6 Å². The Labute approximate surface area is 180 Å². The first kappa shape index (κ1) is 22.0. The quantitative estimate of drug-likeness (QED) is 0.537. The summed E-state index contributed by atoms with van der Waals surface area (Å²) in [5.41, 5.74) is 1.12. The topological polar surface area (TPSA) is 113 Å². The molecule has 0 spiro atoms. The maximum atomic E-state index is 12.3. The van der Waals surface area contributed by atoms with Gasteiger partial charge in [-0.2, -0.15) is 0 Å². The van der Waals surface area contributed by atoms with Gasteiger partial charge in [0.1, 0.15) is 6.10 Å². The molecule has 0 radical (unpaired) electrons. The number of halogens is 1. The Bertz CT molecular complexity index is 835. The van der Waals surface area contributed by atoms with Crippen LogP contribution in [-0.2, 0) is 4.74 Å². The van der Waals surface area contributed by atoms with E-state index in [0.717, 1.165) is 6.42 Å². The number of carbonyl (C=O) groups excluding carboxylic acids is 2. The van der Waals surface area contributed by atoms with Gasteiger partial charge in [-0.25, -0.2) is 4.79 Å². The zero-order valence-corrected chi connectivity index (χ0v) is 17.1. The van der Waals surface area contributed by atoms with Crippen LogP contribution in [0.3, 0.4) is 0 Å². The molecule has 0 aliphatic carbocycles. The first-order valence-corrected chi connectivity index (χ1v) is 10.2. The Morgan fingerprint density at radius 2 is 2.00 bits per heavy atom. The van der Waals surface area contributed by atoms with E-state index in [1.165, 1.54) is 6.20 Å². The summed E-state index contributed by atoms with van der Waals surface area (Å²) in [5.74, 6) is -0.242. The Kier molecular flexibility index (Phi) is 8.01. The second-order valence-corrected chi connectivity index (χ2v) is 7.49. The van der Waals surface area contributed by atoms with Crippen molar-refractivity contribution in [3.8, 4) is 0 Å². The summed E-state index contributed by atoms with van der Waals surface area (Å²) in [4.78, 5) is 28.2. The fourth-order valence-corrected chi connectivity index (χ4v) is 3.44. The molecule has 9 heteroatoms. The van der Waals surface area contributed by atoms with Crippen molar-refractivity contribution >= 4 is 29.2 Å². The number of aliphatic hydroxyl groups is 1. The number of hydrogen-bond acceptors (Lipinski definition) is 5. The van der Waals surface area contributed by atoms with Gasteiger partial charge in [-0.15, -0.1) is 0 Å². The van der Waals surface area contributed by atoms with Gasteiger partial charge in [0.25, 0.3) is 5.91 Å². The minimum atomic E-state index is -0.493. The Morgan fingerprint density at radius 1 is 1.20 bits per heavy atom. The van der Waals surface area contributed by atoms with Gasteiger partial charge in [-0.1, -0.05) is 11.6 Å². The number of aliphatic hydroxyl groups excluding tert-OH is 1. The number of ether oxygens (including phenoxy) is 1. The molecule has 2 heterocycles. The summed E-state index contributed by atoms with van der Waals surface area (Å²) in [7, 11) is 0. The van der Waals surface area contributed by atoms with Crippen LogP contribution in [0.4, 0.5) is 10.5 Å². The molecule has 8 nitrogen and oxygen atoms in total. The third kappa shape index (κ3) is 6.41. The molecular formula is C21H25ClN4O4. The van der Waals surface area contributed by atoms with Gasteiger partial charge >= 0.3 is 6.03 Å². The van der Waals surface area contributed by atoms with Crippen LogP contribution in [0.2, 0.25) is 5.02 Å². The lowest BCUT2D eigenvalue weighted by Crippen LogP contribution is -2.51. The Balaban J connectivity index is 1.40. The number of carbonyl (C=O) groups is 2. The molecular weight excluding hydrogens is 408 g/mol. The molecule has 3 rings (SSSR count). The number of nitrogens with one attached hydrogen (secondary N) is 3. The van der Waals surface area contributed by atoms with E-state index in [2.05, 4.69) is 20.9 Å². The van der Waals surface area contributed by atoms with E-state index in [0.29, 0.717) is 35.7 Å². The molecule has 4 N–H and O–H groups in total. The number of pyridine rings is 1. The van der Waals surface area contributed by atoms with Crippen LogP contribution in [0.5, 0.6) is 0 Å². The molecule has 0 bridgehead atoms. The molecule has 2 aromatic rings. The number of hydrogen-bond donors (Lipinski definition) is 4. The molecule has 1 aromatic carbocycles. The average Bonchev–Trinajstić information content (AvgIpc) is 2.77. The van der Waals surface area contributed by atoms with Crippen LogP contribution >= 0.6 is 11.6 Å². The molecule has 1 aliphatic heterocycles. The number of aromatic nitrogens is 1. The molecule has 30 heavy (non-hydrogen) atoms. The predicted octanol–water partition coefficient (Wildman–Crippen LogP) is 2.59. The zero-order chi connectivity index (χ0) is 21.3. The highest BCUT2D eigenvalue weighted by molar-refractivity contribution is 6.30. The van der Waals surface area contributed by atoms with Crippen molar-refractivity contribution in [3.05, 3.63) is 59.4 Å². The number of benzene rings is 1. The monoisotopic (exact) mass is 432 g/mol. The SMILES string of the molecule is O=C(NCC[C@H]1CC[C@@H](NC(=O)c2cccnc2)[C@@H](CO)O1)Nc1ccc(Cl)cc1. The van der Waals surface area contributed by atoms with Crippen molar-refractivity contribution in [1.82, 2.24) is 15.6 Å². The number of rotatable bonds is 7. The summed E-state index contributed by atoms with van der Waals surface area (Å²) < 4.78 is 5.93. The summed E-state index contributed by atoms with van der Waals surface area (Å²) in [5, 5.41) is 18.7. The summed E-state index contributed by atoms with van der Waals surface area (Å²) in [6.07, 6.45) is 4.50. The molecule has 1 aliphatic rings. The smallest absolute Gasteiger partial charge is 0.319 e. The second-order valence-electron chi connectivity index (χ2n) is 7.05. The van der Waals surface area contributed by atoms with E-state index in [1.54, 1.807) is 42.6 Å². The highest BCUT2D eigenvalue weighted by atomic mass is 35.5. The van der Waals surface area contributed by atoms with Gasteiger partial charge in [0.2, 0.25) is 0 Å². The minimum Gasteiger partial charge on any atom is -0.394 e. The van der Waals surface area contributed by atoms with Crippen molar-refractivity contribution in [3.63, 3.8) is 0 Å². The average molecular weight is 433 g/mol. The minimum absolute atomic E-state index is 0.107. The first-order chi connectivity index (χ1) is 14.5. The third-order valence-electron chi connectivity index (χ3n) is 4.89. The zero-order valence-electron chi connectivity index (χ0n) is 16.4. The predicted molar refractivity (Wildman–Crippen MR) is 114 cm³/mol. The molecule has 1 fully saturated rings. The number of urea groups is 1. The molecule has 3 amide bonds. The van der Waals surface area contributed by atoms with Gasteiger partial charge in [-0.3, -0.25) is 9.78 Å². The molecule has 3 atom stereocenters. The molecule has 0 unspecified atom stereocenters.